The smallest absolute Gasteiger partial charge is 0.251 e. The molecule has 1 unspecified atom stereocenters. The molecule has 9 heteroatoms. The van der Waals surface area contributed by atoms with Gasteiger partial charge in [0.25, 0.3) is 5.91 Å². The second-order valence-corrected chi connectivity index (χ2v) is 11.7. The summed E-state index contributed by atoms with van der Waals surface area (Å²) in [5, 5.41) is 12.4. The molecule has 0 radical (unpaired) electrons. The number of halogens is 1. The first kappa shape index (κ1) is 30.1. The van der Waals surface area contributed by atoms with Gasteiger partial charge in [0.1, 0.15) is 23.1 Å². The van der Waals surface area contributed by atoms with E-state index < -0.39 is 0 Å². The highest BCUT2D eigenvalue weighted by Crippen LogP contribution is 2.43. The number of aliphatic hydroxyl groups is 1. The van der Waals surface area contributed by atoms with Gasteiger partial charge >= 0.3 is 0 Å². The number of likely N-dealkylation sites (tertiary alicyclic amines) is 1. The number of benzene rings is 3. The second kappa shape index (κ2) is 13.4. The van der Waals surface area contributed by atoms with E-state index in [1.165, 1.54) is 12.1 Å². The van der Waals surface area contributed by atoms with Crippen molar-refractivity contribution >= 4 is 16.9 Å². The summed E-state index contributed by atoms with van der Waals surface area (Å²) >= 11 is 0. The van der Waals surface area contributed by atoms with Crippen LogP contribution in [0.4, 0.5) is 4.39 Å². The molecule has 1 aromatic heterocycles. The van der Waals surface area contributed by atoms with Gasteiger partial charge in [0.15, 0.2) is 0 Å². The minimum Gasteiger partial charge on any atom is -0.493 e. The quantitative estimate of drug-likeness (QED) is 0.188. The normalized spacial score (nSPS) is 19.8. The van der Waals surface area contributed by atoms with Gasteiger partial charge in [-0.2, -0.15) is 0 Å². The Bertz CT molecular complexity index is 1580. The van der Waals surface area contributed by atoms with Crippen LogP contribution in [0.2, 0.25) is 0 Å². The Labute approximate surface area is 257 Å². The highest BCUT2D eigenvalue weighted by molar-refractivity contribution is 5.97. The Morgan fingerprint density at radius 1 is 1.05 bits per heavy atom. The number of aryl methyl sites for hydroxylation is 1. The number of ether oxygens (including phenoxy) is 2. The molecule has 1 saturated heterocycles. The molecular weight excluding hydrogens is 559 g/mol. The molecule has 232 valence electrons. The van der Waals surface area contributed by atoms with E-state index in [1.807, 2.05) is 32.0 Å². The van der Waals surface area contributed by atoms with Crippen LogP contribution in [0, 0.1) is 11.7 Å². The van der Waals surface area contributed by atoms with Crippen molar-refractivity contribution in [3.8, 4) is 22.6 Å². The van der Waals surface area contributed by atoms with Crippen LogP contribution in [0.15, 0.2) is 54.6 Å². The van der Waals surface area contributed by atoms with Crippen LogP contribution in [-0.4, -0.2) is 64.3 Å². The summed E-state index contributed by atoms with van der Waals surface area (Å²) in [6.45, 7) is 6.79. The third kappa shape index (κ3) is 6.30. The lowest BCUT2D eigenvalue weighted by Gasteiger charge is -2.26. The average molecular weight is 601 g/mol. The number of hydrogen-bond acceptors (Lipinski definition) is 6. The van der Waals surface area contributed by atoms with Crippen molar-refractivity contribution in [3.63, 3.8) is 0 Å². The van der Waals surface area contributed by atoms with Gasteiger partial charge in [0, 0.05) is 37.2 Å². The number of H-pyrrole nitrogens is 1. The first-order valence-corrected chi connectivity index (χ1v) is 15.8. The van der Waals surface area contributed by atoms with Crippen molar-refractivity contribution in [2.45, 2.75) is 64.6 Å². The van der Waals surface area contributed by atoms with Gasteiger partial charge in [0.05, 0.1) is 29.8 Å². The van der Waals surface area contributed by atoms with E-state index in [2.05, 4.69) is 32.3 Å². The molecule has 0 spiro atoms. The zero-order chi connectivity index (χ0) is 30.6. The second-order valence-electron chi connectivity index (χ2n) is 11.7. The number of aliphatic hydroxyl groups excluding tert-OH is 1. The molecule has 3 N–H and O–H groups in total. The van der Waals surface area contributed by atoms with Gasteiger partial charge in [-0.25, -0.2) is 9.37 Å². The van der Waals surface area contributed by atoms with Gasteiger partial charge in [-0.05, 0) is 106 Å². The van der Waals surface area contributed by atoms with Crippen LogP contribution < -0.4 is 14.8 Å². The molecule has 0 bridgehead atoms. The average Bonchev–Trinajstić information content (AvgIpc) is 3.73. The standard InChI is InChI=1S/C35H41FN4O4/c1-3-43-31-18-22(19-32(44-4-2)34(31)23-7-10-25(36)11-8-23)21-40-16-15-26-27(13-14-30(26)40)39-35(42)24-9-12-28-29(20-24)38-33(37-28)6-5-17-41/h7-12,18-20,26-27,30,41H,3-6,13-17,21H2,1-2H3,(H,37,38)(H,39,42)/t26-,27?,30+/m0/s1. The topological polar surface area (TPSA) is 99.7 Å². The molecule has 1 aliphatic carbocycles. The molecule has 6 rings (SSSR count). The van der Waals surface area contributed by atoms with E-state index in [4.69, 9.17) is 14.6 Å². The van der Waals surface area contributed by atoms with Crippen molar-refractivity contribution in [2.75, 3.05) is 26.4 Å². The third-order valence-corrected chi connectivity index (χ3v) is 8.93. The maximum atomic E-state index is 13.7. The van der Waals surface area contributed by atoms with Crippen LogP contribution in [-0.2, 0) is 13.0 Å². The summed E-state index contributed by atoms with van der Waals surface area (Å²) < 4.78 is 25.9. The largest absolute Gasteiger partial charge is 0.493 e. The summed E-state index contributed by atoms with van der Waals surface area (Å²) in [6.07, 6.45) is 4.34. The molecule has 44 heavy (non-hydrogen) atoms. The van der Waals surface area contributed by atoms with E-state index >= 15 is 0 Å². The Morgan fingerprint density at radius 2 is 1.80 bits per heavy atom. The summed E-state index contributed by atoms with van der Waals surface area (Å²) in [6, 6.07) is 16.7. The first-order chi connectivity index (χ1) is 21.5. The fourth-order valence-corrected chi connectivity index (χ4v) is 6.98. The fraction of sp³-hybridized carbons (Fsp3) is 0.429. The Hall–Kier alpha value is -3.95. The molecule has 4 aromatic rings. The maximum Gasteiger partial charge on any atom is 0.251 e. The monoisotopic (exact) mass is 600 g/mol. The maximum absolute atomic E-state index is 13.7. The predicted octanol–water partition coefficient (Wildman–Crippen LogP) is 5.87. The van der Waals surface area contributed by atoms with Crippen molar-refractivity contribution in [1.82, 2.24) is 20.2 Å². The number of carbonyl (C=O) groups is 1. The predicted molar refractivity (Wildman–Crippen MR) is 168 cm³/mol. The van der Waals surface area contributed by atoms with E-state index in [-0.39, 0.29) is 24.4 Å². The number of aromatic amines is 1. The van der Waals surface area contributed by atoms with Crippen LogP contribution in [0.3, 0.4) is 0 Å². The SMILES string of the molecule is CCOc1cc(CN2CC[C@H]3C(NC(=O)c4ccc5[nH]c(CCCO)nc5c4)CC[C@H]32)cc(OCC)c1-c1ccc(F)cc1. The highest BCUT2D eigenvalue weighted by atomic mass is 19.1. The zero-order valence-electron chi connectivity index (χ0n) is 25.4. The summed E-state index contributed by atoms with van der Waals surface area (Å²) in [5.41, 5.74) is 5.09. The molecule has 2 aliphatic rings. The van der Waals surface area contributed by atoms with Gasteiger partial charge in [0.2, 0.25) is 0 Å². The number of hydrogen-bond donors (Lipinski definition) is 3. The van der Waals surface area contributed by atoms with Crippen LogP contribution >= 0.6 is 0 Å². The van der Waals surface area contributed by atoms with Crippen molar-refractivity contribution in [3.05, 3.63) is 77.4 Å². The molecule has 2 heterocycles. The zero-order valence-corrected chi connectivity index (χ0v) is 25.4. The lowest BCUT2D eigenvalue weighted by atomic mass is 9.99. The Morgan fingerprint density at radius 3 is 2.50 bits per heavy atom. The van der Waals surface area contributed by atoms with Gasteiger partial charge in [-0.3, -0.25) is 9.69 Å². The fourth-order valence-electron chi connectivity index (χ4n) is 6.98. The lowest BCUT2D eigenvalue weighted by Crippen LogP contribution is -2.39. The Balaban J connectivity index is 1.15. The first-order valence-electron chi connectivity index (χ1n) is 15.8. The van der Waals surface area contributed by atoms with Gasteiger partial charge in [-0.1, -0.05) is 12.1 Å². The molecule has 3 atom stereocenters. The van der Waals surface area contributed by atoms with E-state index in [1.54, 1.807) is 12.1 Å². The molecule has 1 aliphatic heterocycles. The van der Waals surface area contributed by atoms with Crippen LogP contribution in [0.25, 0.3) is 22.2 Å². The number of nitrogens with one attached hydrogen (secondary N) is 2. The molecule has 1 saturated carbocycles. The number of fused-ring (bicyclic) bond motifs is 2. The molecule has 8 nitrogen and oxygen atoms in total. The minimum absolute atomic E-state index is 0.0602. The van der Waals surface area contributed by atoms with E-state index in [0.717, 1.165) is 77.4 Å². The van der Waals surface area contributed by atoms with Crippen LogP contribution in [0.1, 0.15) is 61.3 Å². The van der Waals surface area contributed by atoms with Gasteiger partial charge in [-0.15, -0.1) is 0 Å². The molecule has 2 fully saturated rings. The van der Waals surface area contributed by atoms with Crippen molar-refractivity contribution in [1.29, 1.82) is 0 Å². The summed E-state index contributed by atoms with van der Waals surface area (Å²) in [7, 11) is 0. The summed E-state index contributed by atoms with van der Waals surface area (Å²) in [5.74, 6) is 2.36. The highest BCUT2D eigenvalue weighted by Gasteiger charge is 2.44. The number of amides is 1. The van der Waals surface area contributed by atoms with Crippen LogP contribution in [0.5, 0.6) is 11.5 Å². The lowest BCUT2D eigenvalue weighted by molar-refractivity contribution is 0.0927. The molecule has 1 amide bonds. The number of carbonyl (C=O) groups excluding carboxylic acids is 1. The third-order valence-electron chi connectivity index (χ3n) is 8.93. The van der Waals surface area contributed by atoms with E-state index in [0.29, 0.717) is 43.6 Å². The van der Waals surface area contributed by atoms with Gasteiger partial charge < -0.3 is 24.9 Å². The number of aromatic nitrogens is 2. The number of nitrogens with zero attached hydrogens (tertiary/aromatic N) is 2. The van der Waals surface area contributed by atoms with Crippen molar-refractivity contribution in [2.24, 2.45) is 5.92 Å². The van der Waals surface area contributed by atoms with Crippen molar-refractivity contribution < 1.29 is 23.8 Å². The Kier molecular flexibility index (Phi) is 9.14. The number of imidazole rings is 1. The number of rotatable bonds is 12. The summed E-state index contributed by atoms with van der Waals surface area (Å²) in [4.78, 5) is 23.7. The minimum atomic E-state index is -0.279. The van der Waals surface area contributed by atoms with E-state index in [9.17, 15) is 9.18 Å². The molecule has 3 aromatic carbocycles. The molecular formula is C35H41FN4O4.